The molecule has 4 heterocycles. The molecular weight excluding hydrogens is 348 g/mol. The molecule has 1 aliphatic carbocycles. The number of thiophene rings is 1. The predicted molar refractivity (Wildman–Crippen MR) is 103 cm³/mol. The van der Waals surface area contributed by atoms with Crippen molar-refractivity contribution in [1.82, 2.24) is 24.5 Å². The number of nitrogens with one attached hydrogen (secondary N) is 1. The average molecular weight is 372 g/mol. The van der Waals surface area contributed by atoms with E-state index in [1.165, 1.54) is 22.2 Å². The van der Waals surface area contributed by atoms with Gasteiger partial charge in [-0.3, -0.25) is 4.90 Å². The van der Waals surface area contributed by atoms with E-state index in [2.05, 4.69) is 27.2 Å². The van der Waals surface area contributed by atoms with Gasteiger partial charge < -0.3 is 10.1 Å². The van der Waals surface area contributed by atoms with E-state index in [-0.39, 0.29) is 0 Å². The lowest BCUT2D eigenvalue weighted by Gasteiger charge is -2.26. The maximum Gasteiger partial charge on any atom is 0.227 e. The Morgan fingerprint density at radius 1 is 1.35 bits per heavy atom. The lowest BCUT2D eigenvalue weighted by Crippen LogP contribution is -2.39. The van der Waals surface area contributed by atoms with E-state index < -0.39 is 0 Å². The van der Waals surface area contributed by atoms with Crippen molar-refractivity contribution in [3.05, 3.63) is 16.8 Å². The molecule has 7 nitrogen and oxygen atoms in total. The number of hydrogen-bond acceptors (Lipinski definition) is 7. The number of fused-ring (bicyclic) bond motifs is 5. The molecule has 1 fully saturated rings. The molecule has 2 aliphatic rings. The maximum absolute atomic E-state index is 5.41. The summed E-state index contributed by atoms with van der Waals surface area (Å²) in [5, 5.41) is 9.12. The SMILES string of the molecule is CC1CCc2sc3nc(NCCN4CCOCC4)n4ncnc4c3c2C1. The van der Waals surface area contributed by atoms with Crippen LogP contribution in [0.1, 0.15) is 23.8 Å². The van der Waals surface area contributed by atoms with Gasteiger partial charge in [0.15, 0.2) is 5.65 Å². The molecule has 0 spiro atoms. The van der Waals surface area contributed by atoms with Crippen LogP contribution in [0.3, 0.4) is 0 Å². The van der Waals surface area contributed by atoms with Crippen LogP contribution in [0.25, 0.3) is 15.9 Å². The number of aromatic nitrogens is 4. The van der Waals surface area contributed by atoms with Crippen molar-refractivity contribution in [2.45, 2.75) is 26.2 Å². The fourth-order valence-corrected chi connectivity index (χ4v) is 5.24. The predicted octanol–water partition coefficient (Wildman–Crippen LogP) is 2.21. The van der Waals surface area contributed by atoms with Gasteiger partial charge in [-0.1, -0.05) is 6.92 Å². The normalized spacial score (nSPS) is 21.3. The van der Waals surface area contributed by atoms with Crippen molar-refractivity contribution in [1.29, 1.82) is 0 Å². The van der Waals surface area contributed by atoms with Crippen LogP contribution in [0.5, 0.6) is 0 Å². The number of anilines is 1. The van der Waals surface area contributed by atoms with Crippen molar-refractivity contribution >= 4 is 33.1 Å². The summed E-state index contributed by atoms with van der Waals surface area (Å²) in [6, 6.07) is 0. The van der Waals surface area contributed by atoms with E-state index >= 15 is 0 Å². The van der Waals surface area contributed by atoms with Gasteiger partial charge in [-0.2, -0.15) is 9.61 Å². The third-order valence-electron chi connectivity index (χ3n) is 5.48. The Morgan fingerprint density at radius 3 is 3.12 bits per heavy atom. The van der Waals surface area contributed by atoms with Gasteiger partial charge in [0.2, 0.25) is 5.95 Å². The van der Waals surface area contributed by atoms with E-state index in [0.717, 1.165) is 74.6 Å². The summed E-state index contributed by atoms with van der Waals surface area (Å²) in [4.78, 5) is 14.5. The molecule has 1 aliphatic heterocycles. The molecule has 3 aromatic rings. The Bertz CT molecular complexity index is 929. The average Bonchev–Trinajstić information content (AvgIpc) is 3.26. The van der Waals surface area contributed by atoms with Gasteiger partial charge >= 0.3 is 0 Å². The molecular formula is C18H24N6OS. The van der Waals surface area contributed by atoms with Gasteiger partial charge in [-0.15, -0.1) is 11.3 Å². The second kappa shape index (κ2) is 6.75. The lowest BCUT2D eigenvalue weighted by atomic mass is 9.89. The Hall–Kier alpha value is -1.77. The smallest absolute Gasteiger partial charge is 0.227 e. The quantitative estimate of drug-likeness (QED) is 0.757. The topological polar surface area (TPSA) is 67.6 Å². The highest BCUT2D eigenvalue weighted by Gasteiger charge is 2.24. The Kier molecular flexibility index (Phi) is 4.26. The minimum Gasteiger partial charge on any atom is -0.379 e. The molecule has 1 saturated heterocycles. The number of morpholine rings is 1. The highest BCUT2D eigenvalue weighted by atomic mass is 32.1. The first-order valence-corrected chi connectivity index (χ1v) is 10.3. The zero-order valence-corrected chi connectivity index (χ0v) is 15.9. The molecule has 0 amide bonds. The van der Waals surface area contributed by atoms with Crippen LogP contribution in [0.4, 0.5) is 5.95 Å². The fraction of sp³-hybridized carbons (Fsp3) is 0.611. The molecule has 0 radical (unpaired) electrons. The largest absolute Gasteiger partial charge is 0.379 e. The Morgan fingerprint density at radius 2 is 2.23 bits per heavy atom. The van der Waals surface area contributed by atoms with Gasteiger partial charge in [0, 0.05) is 31.1 Å². The summed E-state index contributed by atoms with van der Waals surface area (Å²) < 4.78 is 7.28. The summed E-state index contributed by atoms with van der Waals surface area (Å²) in [6.45, 7) is 7.83. The summed E-state index contributed by atoms with van der Waals surface area (Å²) in [7, 11) is 0. The molecule has 138 valence electrons. The minimum atomic E-state index is 0.731. The first-order chi connectivity index (χ1) is 12.8. The molecule has 8 heteroatoms. The third-order valence-corrected chi connectivity index (χ3v) is 6.67. The zero-order chi connectivity index (χ0) is 17.5. The van der Waals surface area contributed by atoms with E-state index in [4.69, 9.17) is 9.72 Å². The molecule has 5 rings (SSSR count). The van der Waals surface area contributed by atoms with Crippen molar-refractivity contribution < 1.29 is 4.74 Å². The third kappa shape index (κ3) is 2.86. The van der Waals surface area contributed by atoms with Crippen molar-refractivity contribution in [2.24, 2.45) is 5.92 Å². The van der Waals surface area contributed by atoms with Crippen molar-refractivity contribution in [2.75, 3.05) is 44.7 Å². The minimum absolute atomic E-state index is 0.731. The summed E-state index contributed by atoms with van der Waals surface area (Å²) in [6.07, 6.45) is 5.20. The van der Waals surface area contributed by atoms with Crippen LogP contribution < -0.4 is 5.32 Å². The first kappa shape index (κ1) is 16.4. The highest BCUT2D eigenvalue weighted by molar-refractivity contribution is 7.19. The second-order valence-electron chi connectivity index (χ2n) is 7.34. The van der Waals surface area contributed by atoms with E-state index in [1.807, 2.05) is 15.9 Å². The van der Waals surface area contributed by atoms with Crippen LogP contribution in [0, 0.1) is 5.92 Å². The summed E-state index contributed by atoms with van der Waals surface area (Å²) in [5.74, 6) is 1.53. The molecule has 1 unspecified atom stereocenters. The maximum atomic E-state index is 5.41. The molecule has 3 aromatic heterocycles. The number of hydrogen-bond donors (Lipinski definition) is 1. The highest BCUT2D eigenvalue weighted by Crippen LogP contribution is 2.39. The molecule has 0 bridgehead atoms. The summed E-state index contributed by atoms with van der Waals surface area (Å²) in [5.41, 5.74) is 2.39. The van der Waals surface area contributed by atoms with E-state index in [9.17, 15) is 0 Å². The van der Waals surface area contributed by atoms with Crippen molar-refractivity contribution in [3.63, 3.8) is 0 Å². The van der Waals surface area contributed by atoms with Gasteiger partial charge in [-0.05, 0) is 30.7 Å². The van der Waals surface area contributed by atoms with Gasteiger partial charge in [-0.25, -0.2) is 9.97 Å². The monoisotopic (exact) mass is 372 g/mol. The van der Waals surface area contributed by atoms with Crippen molar-refractivity contribution in [3.8, 4) is 0 Å². The number of aryl methyl sites for hydroxylation is 1. The number of ether oxygens (including phenoxy) is 1. The molecule has 0 aromatic carbocycles. The summed E-state index contributed by atoms with van der Waals surface area (Å²) >= 11 is 1.84. The number of nitrogens with zero attached hydrogens (tertiary/aromatic N) is 5. The molecule has 0 saturated carbocycles. The van der Waals surface area contributed by atoms with Crippen LogP contribution in [-0.2, 0) is 17.6 Å². The van der Waals surface area contributed by atoms with Crippen LogP contribution in [0.15, 0.2) is 6.33 Å². The first-order valence-electron chi connectivity index (χ1n) is 9.47. The molecule has 26 heavy (non-hydrogen) atoms. The zero-order valence-electron chi connectivity index (χ0n) is 15.1. The molecule has 1 N–H and O–H groups in total. The Labute approximate surface area is 156 Å². The van der Waals surface area contributed by atoms with Crippen LogP contribution >= 0.6 is 11.3 Å². The van der Waals surface area contributed by atoms with Crippen LogP contribution in [0.2, 0.25) is 0 Å². The van der Waals surface area contributed by atoms with E-state index in [1.54, 1.807) is 6.33 Å². The molecule has 1 atom stereocenters. The standard InChI is InChI=1S/C18H24N6OS/c1-12-2-3-14-13(10-12)15-16-20-11-21-24(16)18(22-17(15)26-14)19-4-5-23-6-8-25-9-7-23/h11-12H,2-10H2,1H3,(H,19,22). The van der Waals surface area contributed by atoms with Gasteiger partial charge in [0.25, 0.3) is 0 Å². The van der Waals surface area contributed by atoms with Crippen LogP contribution in [-0.4, -0.2) is 63.9 Å². The van der Waals surface area contributed by atoms with Gasteiger partial charge in [0.1, 0.15) is 11.2 Å². The second-order valence-corrected chi connectivity index (χ2v) is 8.43. The van der Waals surface area contributed by atoms with Gasteiger partial charge in [0.05, 0.1) is 18.6 Å². The number of rotatable bonds is 4. The van der Waals surface area contributed by atoms with E-state index in [0.29, 0.717) is 0 Å². The lowest BCUT2D eigenvalue weighted by molar-refractivity contribution is 0.0398. The Balaban J connectivity index is 1.45. The fourth-order valence-electron chi connectivity index (χ4n) is 4.03.